The molecule has 1 aromatic heterocycles. The first-order valence-corrected chi connectivity index (χ1v) is 12.3. The number of nitrogens with one attached hydrogen (secondary N) is 1. The minimum Gasteiger partial charge on any atom is -0.480 e. The average molecular weight is 551 g/mol. The minimum absolute atomic E-state index is 0.0129. The number of rotatable bonds is 10. The summed E-state index contributed by atoms with van der Waals surface area (Å²) in [7, 11) is 0. The topological polar surface area (TPSA) is 229 Å². The van der Waals surface area contributed by atoms with Gasteiger partial charge in [0, 0.05) is 12.1 Å². The zero-order valence-electron chi connectivity index (χ0n) is 23.2. The molecule has 218 valence electrons. The van der Waals surface area contributed by atoms with Crippen molar-refractivity contribution >= 4 is 24.0 Å². The van der Waals surface area contributed by atoms with Crippen LogP contribution in [-0.4, -0.2) is 63.4 Å². The number of aromatic nitrogens is 1. The minimum atomic E-state index is -1.04. The second-order valence-electron chi connectivity index (χ2n) is 9.79. The molecule has 13 nitrogen and oxygen atoms in total. The van der Waals surface area contributed by atoms with Crippen molar-refractivity contribution in [3.8, 4) is 11.3 Å². The molecule has 39 heavy (non-hydrogen) atoms. The van der Waals surface area contributed by atoms with E-state index >= 15 is 0 Å². The van der Waals surface area contributed by atoms with Crippen molar-refractivity contribution in [2.45, 2.75) is 71.6 Å². The summed E-state index contributed by atoms with van der Waals surface area (Å²) < 4.78 is 10.1. The van der Waals surface area contributed by atoms with E-state index in [1.807, 2.05) is 44.2 Å². The van der Waals surface area contributed by atoms with E-state index in [4.69, 9.17) is 36.6 Å². The number of carboxylic acid groups (broad SMARTS) is 2. The molecule has 1 amide bonds. The summed E-state index contributed by atoms with van der Waals surface area (Å²) in [4.78, 5) is 40.0. The number of guanidine groups is 1. The summed E-state index contributed by atoms with van der Waals surface area (Å²) in [6.07, 6.45) is 3.78. The van der Waals surface area contributed by atoms with Gasteiger partial charge in [-0.25, -0.2) is 14.6 Å². The third-order valence-electron chi connectivity index (χ3n) is 4.47. The zero-order valence-corrected chi connectivity index (χ0v) is 23.2. The molecule has 0 spiro atoms. The molecule has 1 aromatic carbocycles. The van der Waals surface area contributed by atoms with Gasteiger partial charge in [0.2, 0.25) is 0 Å². The Balaban J connectivity index is 0.000000565. The smallest absolute Gasteiger partial charge is 0.408 e. The van der Waals surface area contributed by atoms with Crippen LogP contribution in [0, 0.1) is 5.92 Å². The molecule has 13 heteroatoms. The molecule has 0 unspecified atom stereocenters. The number of aliphatic imine (C=N–C) groups is 1. The van der Waals surface area contributed by atoms with E-state index in [-0.39, 0.29) is 11.9 Å². The van der Waals surface area contributed by atoms with Gasteiger partial charge >= 0.3 is 18.0 Å². The summed E-state index contributed by atoms with van der Waals surface area (Å²) in [5.74, 6) is -1.03. The van der Waals surface area contributed by atoms with Gasteiger partial charge in [-0.15, -0.1) is 0 Å². The second-order valence-corrected chi connectivity index (χ2v) is 9.79. The Kier molecular flexibility index (Phi) is 16.3. The van der Waals surface area contributed by atoms with Crippen LogP contribution in [0.25, 0.3) is 11.3 Å². The van der Waals surface area contributed by atoms with Crippen molar-refractivity contribution in [2.24, 2.45) is 28.1 Å². The molecule has 0 aliphatic heterocycles. The van der Waals surface area contributed by atoms with Crippen molar-refractivity contribution in [1.82, 2.24) is 10.3 Å². The lowest BCUT2D eigenvalue weighted by Gasteiger charge is -2.22. The molecule has 0 bridgehead atoms. The van der Waals surface area contributed by atoms with E-state index < -0.39 is 35.7 Å². The summed E-state index contributed by atoms with van der Waals surface area (Å²) >= 11 is 0. The fourth-order valence-corrected chi connectivity index (χ4v) is 2.75. The van der Waals surface area contributed by atoms with E-state index in [1.54, 1.807) is 27.0 Å². The molecule has 2 atom stereocenters. The highest BCUT2D eigenvalue weighted by Gasteiger charge is 2.24. The van der Waals surface area contributed by atoms with Crippen LogP contribution in [0.5, 0.6) is 0 Å². The number of ether oxygens (including phenoxy) is 1. The van der Waals surface area contributed by atoms with Gasteiger partial charge in [0.1, 0.15) is 17.7 Å². The first-order chi connectivity index (χ1) is 18.1. The summed E-state index contributed by atoms with van der Waals surface area (Å²) in [6, 6.07) is 8.17. The first kappa shape index (κ1) is 34.9. The number of oxazole rings is 1. The predicted molar refractivity (Wildman–Crippen MR) is 148 cm³/mol. The summed E-state index contributed by atoms with van der Waals surface area (Å²) in [6.45, 7) is 9.39. The van der Waals surface area contributed by atoms with Crippen LogP contribution in [0.4, 0.5) is 4.79 Å². The number of carbonyl (C=O) groups is 3. The monoisotopic (exact) mass is 550 g/mol. The van der Waals surface area contributed by atoms with Crippen molar-refractivity contribution in [3.63, 3.8) is 0 Å². The molecule has 0 radical (unpaired) electrons. The maximum atomic E-state index is 11.4. The van der Waals surface area contributed by atoms with Gasteiger partial charge in [0.25, 0.3) is 0 Å². The predicted octanol–water partition coefficient (Wildman–Crippen LogP) is 2.80. The first-order valence-electron chi connectivity index (χ1n) is 12.3. The molecule has 0 aliphatic carbocycles. The lowest BCUT2D eigenvalue weighted by Crippen LogP contribution is -2.44. The fraction of sp³-hybridized carbons (Fsp3) is 0.500. The number of nitrogens with zero attached hydrogens (tertiary/aromatic N) is 2. The highest BCUT2D eigenvalue weighted by molar-refractivity contribution is 5.80. The number of nitrogens with two attached hydrogens (primary N) is 3. The number of carbonyl (C=O) groups excluding carboxylic acids is 1. The Morgan fingerprint density at radius 1 is 1.10 bits per heavy atom. The maximum Gasteiger partial charge on any atom is 0.408 e. The molecule has 0 saturated carbocycles. The SMILES string of the molecule is CC(C)C[C@H](NC(=O)OC(C)(C)C)C(=O)O.NC(N)=NCCC[C@H](N)C(=O)O.c1ccc(-c2cnco2)cc1. The van der Waals surface area contributed by atoms with Crippen molar-refractivity contribution in [1.29, 1.82) is 0 Å². The van der Waals surface area contributed by atoms with E-state index in [2.05, 4.69) is 15.3 Å². The standard InChI is InChI=1S/C11H21NO4.C9H7NO.C6H14N4O2/c1-7(2)6-8(9(13)14)12-10(15)16-11(3,4)5;1-2-4-8(5-3-1)9-6-10-7-11-9;7-4(5(11)12)2-1-3-10-6(8)9/h7-8H,6H2,1-5H3,(H,12,15)(H,13,14);1-7H;4H,1-3,7H2,(H,11,12)(H4,8,9,10)/t8-;;4-/m0.0/s1. The Bertz CT molecular complexity index is 1000. The molecule has 2 rings (SSSR count). The lowest BCUT2D eigenvalue weighted by molar-refractivity contribution is -0.140. The van der Waals surface area contributed by atoms with Gasteiger partial charge in [-0.2, -0.15) is 0 Å². The van der Waals surface area contributed by atoms with Crippen LogP contribution in [0.15, 0.2) is 52.3 Å². The number of aliphatic carboxylic acids is 2. The van der Waals surface area contributed by atoms with Crippen molar-refractivity contribution in [2.75, 3.05) is 6.54 Å². The average Bonchev–Trinajstić information content (AvgIpc) is 3.36. The zero-order chi connectivity index (χ0) is 30.0. The van der Waals surface area contributed by atoms with Crippen LogP contribution in [0.1, 0.15) is 53.9 Å². The van der Waals surface area contributed by atoms with Crippen molar-refractivity contribution in [3.05, 3.63) is 42.9 Å². The number of hydrogen-bond donors (Lipinski definition) is 6. The molecule has 0 aliphatic rings. The molecular formula is C26H42N6O7. The Labute approximate surface area is 228 Å². The molecule has 1 heterocycles. The third kappa shape index (κ3) is 18.7. The number of hydrogen-bond acceptors (Lipinski definition) is 8. The summed E-state index contributed by atoms with van der Waals surface area (Å²) in [5.41, 5.74) is 15.8. The maximum absolute atomic E-state index is 11.4. The van der Waals surface area contributed by atoms with E-state index in [1.165, 1.54) is 6.39 Å². The second kappa shape index (κ2) is 18.2. The highest BCUT2D eigenvalue weighted by atomic mass is 16.6. The molecular weight excluding hydrogens is 508 g/mol. The Morgan fingerprint density at radius 2 is 1.72 bits per heavy atom. The normalized spacial score (nSPS) is 12.0. The molecule has 0 saturated heterocycles. The number of alkyl carbamates (subject to hydrolysis) is 1. The largest absolute Gasteiger partial charge is 0.480 e. The molecule has 9 N–H and O–H groups in total. The van der Waals surface area contributed by atoms with Gasteiger partial charge in [0.05, 0.1) is 6.20 Å². The number of carboxylic acids is 2. The molecule has 2 aromatic rings. The van der Waals surface area contributed by atoms with Crippen LogP contribution in [0.3, 0.4) is 0 Å². The van der Waals surface area contributed by atoms with Gasteiger partial charge in [-0.3, -0.25) is 9.79 Å². The van der Waals surface area contributed by atoms with Gasteiger partial charge in [0.15, 0.2) is 18.1 Å². The number of benzene rings is 1. The van der Waals surface area contributed by atoms with Crippen molar-refractivity contribution < 1.29 is 33.8 Å². The summed E-state index contributed by atoms with van der Waals surface area (Å²) in [5, 5.41) is 19.6. The van der Waals surface area contributed by atoms with Crippen LogP contribution in [0.2, 0.25) is 0 Å². The Hall–Kier alpha value is -4.13. The number of amides is 1. The lowest BCUT2D eigenvalue weighted by atomic mass is 10.0. The van der Waals surface area contributed by atoms with E-state index in [0.717, 1.165) is 11.3 Å². The van der Waals surface area contributed by atoms with Gasteiger partial charge in [-0.05, 0) is 46.0 Å². The van der Waals surface area contributed by atoms with Crippen LogP contribution >= 0.6 is 0 Å². The third-order valence-corrected chi connectivity index (χ3v) is 4.47. The Morgan fingerprint density at radius 3 is 2.15 bits per heavy atom. The van der Waals surface area contributed by atoms with E-state index in [9.17, 15) is 14.4 Å². The fourth-order valence-electron chi connectivity index (χ4n) is 2.75. The van der Waals surface area contributed by atoms with Gasteiger partial charge < -0.3 is 41.9 Å². The van der Waals surface area contributed by atoms with E-state index in [0.29, 0.717) is 25.8 Å². The van der Waals surface area contributed by atoms with Crippen LogP contribution in [-0.2, 0) is 14.3 Å². The van der Waals surface area contributed by atoms with Crippen LogP contribution < -0.4 is 22.5 Å². The van der Waals surface area contributed by atoms with Gasteiger partial charge in [-0.1, -0.05) is 44.2 Å². The highest BCUT2D eigenvalue weighted by Crippen LogP contribution is 2.16. The quantitative estimate of drug-likeness (QED) is 0.143. The molecule has 0 fully saturated rings.